The molecule has 0 saturated heterocycles. The first-order valence-electron chi connectivity index (χ1n) is 6.71. The molecule has 2 heterocycles. The van der Waals surface area contributed by atoms with Gasteiger partial charge in [0.1, 0.15) is 0 Å². The van der Waals surface area contributed by atoms with Crippen molar-refractivity contribution >= 4 is 34.3 Å². The number of para-hydroxylation sites is 2. The number of hydrogen-bond donors (Lipinski definition) is 1. The molecule has 2 aliphatic heterocycles. The van der Waals surface area contributed by atoms with Gasteiger partial charge in [0.05, 0.1) is 16.8 Å². The molecule has 2 aliphatic rings. The van der Waals surface area contributed by atoms with E-state index in [0.29, 0.717) is 11.1 Å². The Morgan fingerprint density at radius 2 is 1.52 bits per heavy atom. The van der Waals surface area contributed by atoms with Crippen molar-refractivity contribution in [2.24, 2.45) is 0 Å². The summed E-state index contributed by atoms with van der Waals surface area (Å²) in [5, 5.41) is 2.82. The summed E-state index contributed by atoms with van der Waals surface area (Å²) in [6, 6.07) is 15.0. The second kappa shape index (κ2) is 4.06. The normalized spacial score (nSPS) is 19.6. The van der Waals surface area contributed by atoms with Gasteiger partial charge >= 0.3 is 0 Å². The van der Waals surface area contributed by atoms with Crippen LogP contribution < -0.4 is 10.2 Å². The van der Waals surface area contributed by atoms with Crippen LogP contribution in [0.4, 0.5) is 11.4 Å². The van der Waals surface area contributed by atoms with E-state index in [0.717, 1.165) is 22.5 Å². The van der Waals surface area contributed by atoms with Gasteiger partial charge in [0.25, 0.3) is 11.8 Å². The van der Waals surface area contributed by atoms with Gasteiger partial charge in [0.2, 0.25) is 0 Å². The van der Waals surface area contributed by atoms with Crippen LogP contribution in [0.25, 0.3) is 11.1 Å². The molecule has 0 saturated carbocycles. The molecule has 0 atom stereocenters. The second-order valence-corrected chi connectivity index (χ2v) is 5.13. The van der Waals surface area contributed by atoms with E-state index < -0.39 is 0 Å². The number of fused-ring (bicyclic) bond motifs is 2. The number of carbonyl (C=O) groups is 2. The average Bonchev–Trinajstić information content (AvgIpc) is 2.95. The van der Waals surface area contributed by atoms with Gasteiger partial charge in [-0.25, -0.2) is 0 Å². The van der Waals surface area contributed by atoms with Crippen LogP contribution in [0.5, 0.6) is 0 Å². The van der Waals surface area contributed by atoms with Gasteiger partial charge in [-0.1, -0.05) is 36.4 Å². The topological polar surface area (TPSA) is 49.4 Å². The van der Waals surface area contributed by atoms with Gasteiger partial charge < -0.3 is 10.2 Å². The smallest absolute Gasteiger partial charge is 0.259 e. The molecule has 2 aromatic carbocycles. The van der Waals surface area contributed by atoms with Gasteiger partial charge in [-0.05, 0) is 12.1 Å². The average molecular weight is 276 g/mol. The molecule has 1 N–H and O–H groups in total. The van der Waals surface area contributed by atoms with Crippen molar-refractivity contribution in [1.82, 2.24) is 0 Å². The van der Waals surface area contributed by atoms with Crippen LogP contribution in [0.1, 0.15) is 11.1 Å². The highest BCUT2D eigenvalue weighted by Crippen LogP contribution is 2.43. The van der Waals surface area contributed by atoms with Crippen LogP contribution in [0.15, 0.2) is 48.5 Å². The molecule has 4 nitrogen and oxygen atoms in total. The number of nitrogens with zero attached hydrogens (tertiary/aromatic N) is 1. The van der Waals surface area contributed by atoms with Crippen molar-refractivity contribution in [3.63, 3.8) is 0 Å². The lowest BCUT2D eigenvalue weighted by Gasteiger charge is -2.08. The standard InChI is InChI=1S/C17H12N2O2/c1-19-13-9-5-3-7-11(13)15(17(19)21)14-10-6-2-4-8-12(10)18-16(14)20/h2-9H,1H3,(H,18,20)/b15-14-. The Kier molecular flexibility index (Phi) is 2.30. The van der Waals surface area contributed by atoms with E-state index in [4.69, 9.17) is 0 Å². The molecule has 0 spiro atoms. The third-order valence-electron chi connectivity index (χ3n) is 3.97. The maximum Gasteiger partial charge on any atom is 0.259 e. The number of nitrogens with one attached hydrogen (secondary N) is 1. The van der Waals surface area contributed by atoms with E-state index in [1.54, 1.807) is 11.9 Å². The summed E-state index contributed by atoms with van der Waals surface area (Å²) in [5.41, 5.74) is 4.14. The monoisotopic (exact) mass is 276 g/mol. The molecule has 0 fully saturated rings. The molecule has 0 bridgehead atoms. The van der Waals surface area contributed by atoms with E-state index >= 15 is 0 Å². The molecule has 2 amide bonds. The number of amides is 2. The highest BCUT2D eigenvalue weighted by molar-refractivity contribution is 6.49. The number of rotatable bonds is 0. The molecule has 2 aromatic rings. The quantitative estimate of drug-likeness (QED) is 0.752. The van der Waals surface area contributed by atoms with Crippen molar-refractivity contribution in [3.8, 4) is 0 Å². The molecule has 4 heteroatoms. The number of hydrogen-bond acceptors (Lipinski definition) is 2. The van der Waals surface area contributed by atoms with Crippen molar-refractivity contribution in [2.45, 2.75) is 0 Å². The van der Waals surface area contributed by atoms with Crippen molar-refractivity contribution < 1.29 is 9.59 Å². The second-order valence-electron chi connectivity index (χ2n) is 5.13. The first-order valence-corrected chi connectivity index (χ1v) is 6.71. The van der Waals surface area contributed by atoms with Crippen molar-refractivity contribution in [1.29, 1.82) is 0 Å². The number of carbonyl (C=O) groups excluding carboxylic acids is 2. The van der Waals surface area contributed by atoms with Crippen LogP contribution >= 0.6 is 0 Å². The molecule has 102 valence electrons. The Balaban J connectivity index is 2.06. The third-order valence-corrected chi connectivity index (χ3v) is 3.97. The van der Waals surface area contributed by atoms with Gasteiger partial charge in [-0.2, -0.15) is 0 Å². The first-order chi connectivity index (χ1) is 10.2. The van der Waals surface area contributed by atoms with E-state index in [-0.39, 0.29) is 11.8 Å². The minimum atomic E-state index is -0.218. The zero-order chi connectivity index (χ0) is 14.6. The summed E-state index contributed by atoms with van der Waals surface area (Å²) in [6.45, 7) is 0. The van der Waals surface area contributed by atoms with Crippen molar-refractivity contribution in [3.05, 3.63) is 59.7 Å². The number of benzene rings is 2. The van der Waals surface area contributed by atoms with E-state index in [2.05, 4.69) is 5.32 Å². The van der Waals surface area contributed by atoms with Gasteiger partial charge in [-0.15, -0.1) is 0 Å². The summed E-state index contributed by atoms with van der Waals surface area (Å²) in [5.74, 6) is -0.359. The Morgan fingerprint density at radius 1 is 0.857 bits per heavy atom. The van der Waals surface area contributed by atoms with Crippen LogP contribution in [-0.4, -0.2) is 18.9 Å². The Hall–Kier alpha value is -2.88. The molecule has 21 heavy (non-hydrogen) atoms. The molecular weight excluding hydrogens is 264 g/mol. The minimum Gasteiger partial charge on any atom is -0.321 e. The molecule has 0 radical (unpaired) electrons. The SMILES string of the molecule is CN1C(=O)/C(=C2\C(=O)Nc3ccccc32)c2ccccc21. The zero-order valence-electron chi connectivity index (χ0n) is 11.4. The van der Waals surface area contributed by atoms with Gasteiger partial charge in [0, 0.05) is 23.9 Å². The molecule has 0 aromatic heterocycles. The summed E-state index contributed by atoms with van der Waals surface area (Å²) < 4.78 is 0. The first kappa shape index (κ1) is 11.9. The van der Waals surface area contributed by atoms with E-state index in [9.17, 15) is 9.59 Å². The molecule has 0 unspecified atom stereocenters. The molecule has 0 aliphatic carbocycles. The minimum absolute atomic E-state index is 0.141. The Morgan fingerprint density at radius 3 is 2.33 bits per heavy atom. The predicted molar refractivity (Wildman–Crippen MR) is 81.7 cm³/mol. The van der Waals surface area contributed by atoms with Crippen LogP contribution in [0, 0.1) is 0 Å². The fourth-order valence-electron chi connectivity index (χ4n) is 2.98. The molecule has 4 rings (SSSR count). The Bertz CT molecular complexity index is 836. The van der Waals surface area contributed by atoms with Crippen LogP contribution in [-0.2, 0) is 9.59 Å². The van der Waals surface area contributed by atoms with E-state index in [1.165, 1.54) is 0 Å². The maximum absolute atomic E-state index is 12.6. The third kappa shape index (κ3) is 1.50. The summed E-state index contributed by atoms with van der Waals surface area (Å²) >= 11 is 0. The number of likely N-dealkylation sites (N-methyl/N-ethyl adjacent to an activating group) is 1. The highest BCUT2D eigenvalue weighted by atomic mass is 16.2. The predicted octanol–water partition coefficient (Wildman–Crippen LogP) is 2.53. The summed E-state index contributed by atoms with van der Waals surface area (Å²) in [7, 11) is 1.73. The maximum atomic E-state index is 12.6. The summed E-state index contributed by atoms with van der Waals surface area (Å²) in [6.07, 6.45) is 0. The van der Waals surface area contributed by atoms with Crippen LogP contribution in [0.2, 0.25) is 0 Å². The Labute approximate surface area is 121 Å². The van der Waals surface area contributed by atoms with E-state index in [1.807, 2.05) is 48.5 Å². The van der Waals surface area contributed by atoms with Gasteiger partial charge in [-0.3, -0.25) is 9.59 Å². The van der Waals surface area contributed by atoms with Gasteiger partial charge in [0.15, 0.2) is 0 Å². The van der Waals surface area contributed by atoms with Crippen molar-refractivity contribution in [2.75, 3.05) is 17.3 Å². The zero-order valence-corrected chi connectivity index (χ0v) is 11.4. The molecular formula is C17H12N2O2. The lowest BCUT2D eigenvalue weighted by atomic mass is 9.96. The lowest BCUT2D eigenvalue weighted by molar-refractivity contribution is -0.113. The number of anilines is 2. The van der Waals surface area contributed by atoms with Crippen LogP contribution in [0.3, 0.4) is 0 Å². The largest absolute Gasteiger partial charge is 0.321 e. The highest BCUT2D eigenvalue weighted by Gasteiger charge is 2.37. The summed E-state index contributed by atoms with van der Waals surface area (Å²) in [4.78, 5) is 26.5. The fraction of sp³-hybridized carbons (Fsp3) is 0.0588. The lowest BCUT2D eigenvalue weighted by Crippen LogP contribution is -2.21. The fourth-order valence-corrected chi connectivity index (χ4v) is 2.98.